The second kappa shape index (κ2) is 16.6. The smallest absolute Gasteiger partial charge is 0.407 e. The minimum Gasteiger partial charge on any atom is -0.465 e. The fraction of sp³-hybridized carbons (Fsp3) is 0.463. The molecule has 0 spiro atoms. The number of aromatic nitrogens is 4. The molecule has 4 amide bonds. The number of aromatic amines is 2. The van der Waals surface area contributed by atoms with Crippen LogP contribution in [0.2, 0.25) is 0 Å². The molecule has 4 N–H and O–H groups in total. The Bertz CT molecular complexity index is 2030. The van der Waals surface area contributed by atoms with Crippen LogP contribution < -0.4 is 5.32 Å². The van der Waals surface area contributed by atoms with Crippen molar-refractivity contribution in [2.24, 2.45) is 5.92 Å². The lowest BCUT2D eigenvalue weighted by Crippen LogP contribution is -2.54. The van der Waals surface area contributed by atoms with Gasteiger partial charge in [0.05, 0.1) is 49.1 Å². The highest BCUT2D eigenvalue weighted by Crippen LogP contribution is 2.38. The van der Waals surface area contributed by atoms with Gasteiger partial charge in [0, 0.05) is 39.2 Å². The summed E-state index contributed by atoms with van der Waals surface area (Å²) in [5.74, 6) is 1.15. The number of carboxylic acid groups (broad SMARTS) is 1. The molecule has 2 aromatic carbocycles. The number of hydrogen-bond acceptors (Lipinski definition) is 8. The van der Waals surface area contributed by atoms with Gasteiger partial charge in [-0.1, -0.05) is 48.5 Å². The lowest BCUT2D eigenvalue weighted by Gasteiger charge is -2.30. The number of imidazole rings is 2. The molecule has 1 unspecified atom stereocenters. The number of hydrogen-bond donors (Lipinski definition) is 4. The number of alkyl carbamates (subject to hydrolysis) is 1. The standard InChI is InChI=1S/C41H50N8O7/c1-24(55-3)35(46-40(52)56-4)39(51)49-20-6-8-34(49)37-43-23-32(45-37)28-15-11-26(12-16-28)25-9-13-27(14-10-25)31-22-42-36(44-31)33-7-5-19-48(33)38(50)29-17-18-30(21-29)47(2)41(53)54/h9-16,22-24,29-30,33-35H,5-8,17-21H2,1-4H3,(H,42,44)(H,43,45)(H,46,52)(H,53,54)/t24?,29-,30+,33-,34-,35-/m0/s1. The first kappa shape index (κ1) is 38.6. The van der Waals surface area contributed by atoms with E-state index in [0.717, 1.165) is 65.1 Å². The number of carbonyl (C=O) groups excluding carboxylic acids is 3. The molecule has 4 aromatic rings. The molecular weight excluding hydrogens is 716 g/mol. The van der Waals surface area contributed by atoms with E-state index in [9.17, 15) is 24.3 Å². The topological polar surface area (TPSA) is 186 Å². The highest BCUT2D eigenvalue weighted by Gasteiger charge is 2.41. The van der Waals surface area contributed by atoms with Crippen molar-refractivity contribution in [1.29, 1.82) is 0 Å². The van der Waals surface area contributed by atoms with Crippen molar-refractivity contribution in [3.05, 3.63) is 72.6 Å². The summed E-state index contributed by atoms with van der Waals surface area (Å²) in [6.07, 6.45) is 6.66. The van der Waals surface area contributed by atoms with Gasteiger partial charge in [-0.3, -0.25) is 9.59 Å². The summed E-state index contributed by atoms with van der Waals surface area (Å²) in [4.78, 5) is 71.9. The van der Waals surface area contributed by atoms with Crippen LogP contribution in [0.5, 0.6) is 0 Å². The van der Waals surface area contributed by atoms with Gasteiger partial charge in [0.25, 0.3) is 0 Å². The summed E-state index contributed by atoms with van der Waals surface area (Å²) >= 11 is 0. The second-order valence-corrected chi connectivity index (χ2v) is 15.0. The largest absolute Gasteiger partial charge is 0.465 e. The molecule has 2 aliphatic heterocycles. The van der Waals surface area contributed by atoms with Gasteiger partial charge in [-0.2, -0.15) is 0 Å². The normalized spacial score (nSPS) is 21.9. The summed E-state index contributed by atoms with van der Waals surface area (Å²) in [5, 5.41) is 12.0. The number of nitrogens with zero attached hydrogens (tertiary/aromatic N) is 5. The monoisotopic (exact) mass is 766 g/mol. The average molecular weight is 767 g/mol. The second-order valence-electron chi connectivity index (χ2n) is 15.0. The SMILES string of the molecule is COC(=O)N[C@H](C(=O)N1CCC[C@H]1c1ncc(-c2ccc(-c3ccc(-c4cnc([C@@H]5CCCN5C(=O)[C@H]5CC[C@@H](N(C)C(=O)O)C5)[nH]4)cc3)cc2)[nH]1)C(C)OC. The summed E-state index contributed by atoms with van der Waals surface area (Å²) in [7, 11) is 4.34. The molecule has 15 heteroatoms. The number of likely N-dealkylation sites (tertiary alicyclic amines) is 2. The van der Waals surface area contributed by atoms with Crippen molar-refractivity contribution >= 4 is 24.0 Å². The predicted molar refractivity (Wildman–Crippen MR) is 207 cm³/mol. The number of ether oxygens (including phenoxy) is 2. The van der Waals surface area contributed by atoms with Crippen LogP contribution in [0.15, 0.2) is 60.9 Å². The van der Waals surface area contributed by atoms with Gasteiger partial charge in [0.1, 0.15) is 17.7 Å². The van der Waals surface area contributed by atoms with E-state index in [1.165, 1.54) is 19.1 Å². The van der Waals surface area contributed by atoms with Gasteiger partial charge in [0.15, 0.2) is 0 Å². The lowest BCUT2D eigenvalue weighted by atomic mass is 10.0. The van der Waals surface area contributed by atoms with E-state index < -0.39 is 24.3 Å². The zero-order valence-electron chi connectivity index (χ0n) is 32.2. The summed E-state index contributed by atoms with van der Waals surface area (Å²) in [6.45, 7) is 2.96. The summed E-state index contributed by atoms with van der Waals surface area (Å²) in [6, 6.07) is 15.1. The Hall–Kier alpha value is -5.70. The number of benzene rings is 2. The van der Waals surface area contributed by atoms with Gasteiger partial charge < -0.3 is 44.6 Å². The molecule has 3 aliphatic rings. The third kappa shape index (κ3) is 7.85. The Morgan fingerprint density at radius 1 is 0.804 bits per heavy atom. The summed E-state index contributed by atoms with van der Waals surface area (Å²) < 4.78 is 10.1. The van der Waals surface area contributed by atoms with E-state index in [1.54, 1.807) is 25.1 Å². The molecule has 6 atom stereocenters. The fourth-order valence-electron chi connectivity index (χ4n) is 8.42. The van der Waals surface area contributed by atoms with Crippen LogP contribution in [0.4, 0.5) is 9.59 Å². The van der Waals surface area contributed by atoms with Crippen molar-refractivity contribution < 1.29 is 33.8 Å². The molecule has 2 aromatic heterocycles. The Morgan fingerprint density at radius 3 is 1.84 bits per heavy atom. The Balaban J connectivity index is 0.982. The van der Waals surface area contributed by atoms with Crippen molar-refractivity contribution in [3.8, 4) is 33.6 Å². The average Bonchev–Trinajstić information content (AvgIpc) is 4.08. The third-order valence-electron chi connectivity index (χ3n) is 11.8. The molecule has 1 aliphatic carbocycles. The highest BCUT2D eigenvalue weighted by atomic mass is 16.5. The molecule has 2 saturated heterocycles. The van der Waals surface area contributed by atoms with Gasteiger partial charge in [-0.25, -0.2) is 19.6 Å². The summed E-state index contributed by atoms with van der Waals surface area (Å²) in [5.41, 5.74) is 5.78. The molecule has 0 radical (unpaired) electrons. The van der Waals surface area contributed by atoms with Crippen LogP contribution in [0.3, 0.4) is 0 Å². The highest BCUT2D eigenvalue weighted by molar-refractivity contribution is 5.87. The van der Waals surface area contributed by atoms with Crippen LogP contribution in [0.25, 0.3) is 33.6 Å². The van der Waals surface area contributed by atoms with Crippen LogP contribution in [-0.4, -0.2) is 116 Å². The van der Waals surface area contributed by atoms with Crippen LogP contribution >= 0.6 is 0 Å². The van der Waals surface area contributed by atoms with E-state index in [0.29, 0.717) is 38.2 Å². The van der Waals surface area contributed by atoms with Crippen molar-refractivity contribution in [3.63, 3.8) is 0 Å². The van der Waals surface area contributed by atoms with Crippen molar-refractivity contribution in [1.82, 2.24) is 40.0 Å². The predicted octanol–water partition coefficient (Wildman–Crippen LogP) is 6.00. The molecule has 0 bridgehead atoms. The minimum atomic E-state index is -0.957. The maximum absolute atomic E-state index is 13.6. The number of carbonyl (C=O) groups is 4. The molecule has 1 saturated carbocycles. The molecule has 4 heterocycles. The Morgan fingerprint density at radius 2 is 1.32 bits per heavy atom. The number of amides is 4. The zero-order valence-corrected chi connectivity index (χ0v) is 32.2. The van der Waals surface area contributed by atoms with Gasteiger partial charge in [-0.15, -0.1) is 0 Å². The maximum Gasteiger partial charge on any atom is 0.407 e. The van der Waals surface area contributed by atoms with Crippen molar-refractivity contribution in [2.45, 2.75) is 82.1 Å². The first-order chi connectivity index (χ1) is 27.1. The van der Waals surface area contributed by atoms with Crippen molar-refractivity contribution in [2.75, 3.05) is 34.4 Å². The van der Waals surface area contributed by atoms with Crippen LogP contribution in [0, 0.1) is 5.92 Å². The van der Waals surface area contributed by atoms with Gasteiger partial charge in [-0.05, 0) is 74.1 Å². The van der Waals surface area contributed by atoms with E-state index in [1.807, 2.05) is 23.2 Å². The molecule has 3 fully saturated rings. The minimum absolute atomic E-state index is 0.0972. The number of rotatable bonds is 11. The quantitative estimate of drug-likeness (QED) is 0.142. The van der Waals surface area contributed by atoms with Crippen LogP contribution in [0.1, 0.15) is 75.6 Å². The lowest BCUT2D eigenvalue weighted by molar-refractivity contribution is -0.138. The van der Waals surface area contributed by atoms with E-state index in [-0.39, 0.29) is 35.9 Å². The van der Waals surface area contributed by atoms with E-state index in [4.69, 9.17) is 14.5 Å². The molecule has 7 rings (SSSR count). The Kier molecular flexibility index (Phi) is 11.4. The van der Waals surface area contributed by atoms with E-state index in [2.05, 4.69) is 56.7 Å². The molecule has 296 valence electrons. The molecule has 15 nitrogen and oxygen atoms in total. The molecule has 56 heavy (non-hydrogen) atoms. The zero-order chi connectivity index (χ0) is 39.5. The first-order valence-corrected chi connectivity index (χ1v) is 19.3. The van der Waals surface area contributed by atoms with Gasteiger partial charge in [0.2, 0.25) is 11.8 Å². The first-order valence-electron chi connectivity index (χ1n) is 19.3. The third-order valence-corrected chi connectivity index (χ3v) is 11.8. The number of methoxy groups -OCH3 is 2. The maximum atomic E-state index is 13.6. The van der Waals surface area contributed by atoms with E-state index >= 15 is 0 Å². The Labute approximate surface area is 325 Å². The fourth-order valence-corrected chi connectivity index (χ4v) is 8.42. The van der Waals surface area contributed by atoms with Gasteiger partial charge >= 0.3 is 12.2 Å². The number of nitrogens with one attached hydrogen (secondary N) is 3. The van der Waals surface area contributed by atoms with Crippen LogP contribution in [-0.2, 0) is 19.1 Å². The number of H-pyrrole nitrogens is 2. The molecular formula is C41H50N8O7.